The Kier molecular flexibility index (Phi) is 7.55. The fourth-order valence-electron chi connectivity index (χ4n) is 2.46. The maximum absolute atomic E-state index is 12.5. The number of sulfonamides is 1. The summed E-state index contributed by atoms with van der Waals surface area (Å²) in [5.41, 5.74) is 0.582. The van der Waals surface area contributed by atoms with Crippen LogP contribution in [-0.4, -0.2) is 49.7 Å². The third-order valence-corrected chi connectivity index (χ3v) is 7.23. The van der Waals surface area contributed by atoms with E-state index >= 15 is 0 Å². The van der Waals surface area contributed by atoms with Gasteiger partial charge in [0.25, 0.3) is 0 Å². The van der Waals surface area contributed by atoms with E-state index in [0.29, 0.717) is 5.69 Å². The van der Waals surface area contributed by atoms with E-state index < -0.39 is 10.0 Å². The third-order valence-electron chi connectivity index (χ3n) is 4.32. The lowest BCUT2D eigenvalue weighted by atomic mass is 10.3. The number of benzene rings is 1. The average molecular weight is 410 g/mol. The molecule has 1 N–H and O–H groups in total. The summed E-state index contributed by atoms with van der Waals surface area (Å²) in [6.45, 7) is 7.45. The highest BCUT2D eigenvalue weighted by molar-refractivity contribution is 7.89. The van der Waals surface area contributed by atoms with Gasteiger partial charge < -0.3 is 5.32 Å². The largest absolute Gasteiger partial charge is 0.325 e. The van der Waals surface area contributed by atoms with Gasteiger partial charge in [-0.2, -0.15) is 4.31 Å². The van der Waals surface area contributed by atoms with Gasteiger partial charge in [0.1, 0.15) is 0 Å². The molecule has 148 valence electrons. The highest BCUT2D eigenvalue weighted by atomic mass is 32.2. The van der Waals surface area contributed by atoms with Crippen molar-refractivity contribution in [3.05, 3.63) is 46.7 Å². The SMILES string of the molecule is CCN(CC(=O)Nc1ccc(S(=O)(=O)N(C)C(C)C)cc1)Cc1cccs1. The lowest BCUT2D eigenvalue weighted by molar-refractivity contribution is -0.117. The summed E-state index contributed by atoms with van der Waals surface area (Å²) in [6, 6.07) is 10.2. The minimum absolute atomic E-state index is 0.122. The molecule has 0 saturated carbocycles. The van der Waals surface area contributed by atoms with Gasteiger partial charge in [0.05, 0.1) is 11.4 Å². The van der Waals surface area contributed by atoms with Gasteiger partial charge in [-0.3, -0.25) is 9.69 Å². The first-order valence-electron chi connectivity index (χ1n) is 8.86. The van der Waals surface area contributed by atoms with Gasteiger partial charge in [0.15, 0.2) is 0 Å². The van der Waals surface area contributed by atoms with Gasteiger partial charge in [0.2, 0.25) is 15.9 Å². The van der Waals surface area contributed by atoms with Crippen LogP contribution in [0.15, 0.2) is 46.7 Å². The molecule has 1 aromatic carbocycles. The van der Waals surface area contributed by atoms with Crippen LogP contribution in [0.5, 0.6) is 0 Å². The average Bonchev–Trinajstić information content (AvgIpc) is 3.13. The van der Waals surface area contributed by atoms with Gasteiger partial charge in [-0.05, 0) is 56.1 Å². The molecule has 1 aromatic heterocycles. The lowest BCUT2D eigenvalue weighted by Gasteiger charge is -2.21. The first-order valence-corrected chi connectivity index (χ1v) is 11.2. The molecule has 0 aliphatic heterocycles. The van der Waals surface area contributed by atoms with Crippen molar-refractivity contribution in [2.45, 2.75) is 38.3 Å². The van der Waals surface area contributed by atoms with E-state index in [-0.39, 0.29) is 23.4 Å². The fraction of sp³-hybridized carbons (Fsp3) is 0.421. The molecule has 0 aliphatic rings. The molecular weight excluding hydrogens is 382 g/mol. The minimum Gasteiger partial charge on any atom is -0.325 e. The Morgan fingerprint density at radius 2 is 1.85 bits per heavy atom. The van der Waals surface area contributed by atoms with Crippen molar-refractivity contribution >= 4 is 33.0 Å². The van der Waals surface area contributed by atoms with Crippen LogP contribution < -0.4 is 5.32 Å². The molecular formula is C19H27N3O3S2. The van der Waals surface area contributed by atoms with E-state index in [1.54, 1.807) is 30.5 Å². The van der Waals surface area contributed by atoms with E-state index in [0.717, 1.165) is 13.1 Å². The predicted molar refractivity (Wildman–Crippen MR) is 110 cm³/mol. The number of hydrogen-bond acceptors (Lipinski definition) is 5. The van der Waals surface area contributed by atoms with Crippen molar-refractivity contribution in [2.75, 3.05) is 25.5 Å². The zero-order chi connectivity index (χ0) is 20.0. The van der Waals surface area contributed by atoms with Crippen molar-refractivity contribution in [1.82, 2.24) is 9.21 Å². The minimum atomic E-state index is -3.52. The summed E-state index contributed by atoms with van der Waals surface area (Å²) in [5, 5.41) is 4.85. The van der Waals surface area contributed by atoms with Gasteiger partial charge in [-0.25, -0.2) is 8.42 Å². The first kappa shape index (κ1) is 21.6. The first-order chi connectivity index (χ1) is 12.7. The Hall–Kier alpha value is -1.74. The summed E-state index contributed by atoms with van der Waals surface area (Å²) < 4.78 is 26.3. The van der Waals surface area contributed by atoms with Crippen molar-refractivity contribution in [3.8, 4) is 0 Å². The molecule has 2 aromatic rings. The van der Waals surface area contributed by atoms with E-state index in [1.807, 2.05) is 32.2 Å². The molecule has 0 atom stereocenters. The number of carbonyl (C=O) groups excluding carboxylic acids is 1. The van der Waals surface area contributed by atoms with Crippen molar-refractivity contribution in [2.24, 2.45) is 0 Å². The van der Waals surface area contributed by atoms with Crippen LogP contribution in [-0.2, 0) is 21.4 Å². The van der Waals surface area contributed by atoms with Crippen LogP contribution in [0.25, 0.3) is 0 Å². The number of likely N-dealkylation sites (N-methyl/N-ethyl adjacent to an activating group) is 1. The number of thiophene rings is 1. The molecule has 0 bridgehead atoms. The Bertz CT molecular complexity index is 832. The van der Waals surface area contributed by atoms with Crippen molar-refractivity contribution in [1.29, 1.82) is 0 Å². The number of carbonyl (C=O) groups is 1. The fourth-order valence-corrected chi connectivity index (χ4v) is 4.57. The smallest absolute Gasteiger partial charge is 0.243 e. The van der Waals surface area contributed by atoms with E-state index in [1.165, 1.54) is 21.3 Å². The maximum Gasteiger partial charge on any atom is 0.243 e. The van der Waals surface area contributed by atoms with Crippen LogP contribution in [0, 0.1) is 0 Å². The highest BCUT2D eigenvalue weighted by Gasteiger charge is 2.22. The zero-order valence-electron chi connectivity index (χ0n) is 16.2. The van der Waals surface area contributed by atoms with Gasteiger partial charge in [-0.1, -0.05) is 13.0 Å². The molecule has 6 nitrogen and oxygen atoms in total. The van der Waals surface area contributed by atoms with E-state index in [4.69, 9.17) is 0 Å². The molecule has 1 amide bonds. The number of rotatable bonds is 9. The molecule has 0 unspecified atom stereocenters. The third kappa shape index (κ3) is 5.87. The molecule has 27 heavy (non-hydrogen) atoms. The molecule has 2 rings (SSSR count). The van der Waals surface area contributed by atoms with Crippen LogP contribution in [0.1, 0.15) is 25.6 Å². The summed E-state index contributed by atoms with van der Waals surface area (Å²) >= 11 is 1.67. The van der Waals surface area contributed by atoms with E-state index in [2.05, 4.69) is 16.3 Å². The van der Waals surface area contributed by atoms with Gasteiger partial charge in [0, 0.05) is 30.2 Å². The highest BCUT2D eigenvalue weighted by Crippen LogP contribution is 2.19. The molecule has 0 fully saturated rings. The summed E-state index contributed by atoms with van der Waals surface area (Å²) in [4.78, 5) is 15.8. The second-order valence-electron chi connectivity index (χ2n) is 6.57. The zero-order valence-corrected chi connectivity index (χ0v) is 17.8. The monoisotopic (exact) mass is 409 g/mol. The van der Waals surface area contributed by atoms with Crippen LogP contribution in [0.2, 0.25) is 0 Å². The summed E-state index contributed by atoms with van der Waals surface area (Å²) in [6.07, 6.45) is 0. The summed E-state index contributed by atoms with van der Waals surface area (Å²) in [7, 11) is -1.96. The lowest BCUT2D eigenvalue weighted by Crippen LogP contribution is -2.33. The Balaban J connectivity index is 1.98. The number of hydrogen-bond donors (Lipinski definition) is 1. The second kappa shape index (κ2) is 9.45. The molecule has 8 heteroatoms. The van der Waals surface area contributed by atoms with Gasteiger partial charge >= 0.3 is 0 Å². The molecule has 0 aliphatic carbocycles. The molecule has 1 heterocycles. The Labute approximate surface area is 165 Å². The van der Waals surface area contributed by atoms with Gasteiger partial charge in [-0.15, -0.1) is 11.3 Å². The van der Waals surface area contributed by atoms with Crippen LogP contribution >= 0.6 is 11.3 Å². The predicted octanol–water partition coefficient (Wildman–Crippen LogP) is 3.24. The Morgan fingerprint density at radius 3 is 2.37 bits per heavy atom. The molecule has 0 radical (unpaired) electrons. The van der Waals surface area contributed by atoms with Crippen LogP contribution in [0.3, 0.4) is 0 Å². The quantitative estimate of drug-likeness (QED) is 0.690. The number of anilines is 1. The molecule has 0 saturated heterocycles. The normalized spacial score (nSPS) is 12.1. The topological polar surface area (TPSA) is 69.7 Å². The molecule has 0 spiro atoms. The maximum atomic E-state index is 12.5. The Morgan fingerprint density at radius 1 is 1.19 bits per heavy atom. The van der Waals surface area contributed by atoms with Crippen LogP contribution in [0.4, 0.5) is 5.69 Å². The number of nitrogens with zero attached hydrogens (tertiary/aromatic N) is 2. The second-order valence-corrected chi connectivity index (χ2v) is 9.60. The number of nitrogens with one attached hydrogen (secondary N) is 1. The van der Waals surface area contributed by atoms with E-state index in [9.17, 15) is 13.2 Å². The standard InChI is InChI=1S/C19H27N3O3S2/c1-5-22(13-17-7-6-12-26-17)14-19(23)20-16-8-10-18(11-9-16)27(24,25)21(4)15(2)3/h6-12,15H,5,13-14H2,1-4H3,(H,20,23). The number of amides is 1. The van der Waals surface area contributed by atoms with Crippen molar-refractivity contribution < 1.29 is 13.2 Å². The van der Waals surface area contributed by atoms with Crippen molar-refractivity contribution in [3.63, 3.8) is 0 Å². The summed E-state index contributed by atoms with van der Waals surface area (Å²) in [5.74, 6) is -0.122.